The first-order valence-electron chi connectivity index (χ1n) is 13.3. The van der Waals surface area contributed by atoms with Crippen LogP contribution in [-0.2, 0) is 11.2 Å². The van der Waals surface area contributed by atoms with E-state index in [0.717, 1.165) is 61.8 Å². The van der Waals surface area contributed by atoms with Crippen molar-refractivity contribution in [2.24, 2.45) is 11.8 Å². The van der Waals surface area contributed by atoms with Crippen LogP contribution in [0.25, 0.3) is 10.9 Å². The predicted molar refractivity (Wildman–Crippen MR) is 151 cm³/mol. The number of benzene rings is 2. The average molecular weight is 562 g/mol. The van der Waals surface area contributed by atoms with Crippen molar-refractivity contribution in [1.29, 1.82) is 0 Å². The van der Waals surface area contributed by atoms with Crippen molar-refractivity contribution >= 4 is 40.1 Å². The highest BCUT2D eigenvalue weighted by Gasteiger charge is 2.31. The number of fused-ring (bicyclic) bond motifs is 1. The van der Waals surface area contributed by atoms with Crippen molar-refractivity contribution in [3.05, 3.63) is 69.8 Å². The number of hydrogen-bond donors (Lipinski definition) is 1. The molecule has 0 aliphatic carbocycles. The van der Waals surface area contributed by atoms with E-state index in [1.165, 1.54) is 0 Å². The topological polar surface area (TPSA) is 62.7 Å². The molecule has 1 aliphatic rings. The van der Waals surface area contributed by atoms with E-state index >= 15 is 4.39 Å². The molecule has 0 spiro atoms. The van der Waals surface area contributed by atoms with E-state index in [2.05, 4.69) is 9.88 Å². The number of aromatic nitrogens is 1. The van der Waals surface area contributed by atoms with E-state index in [9.17, 15) is 9.90 Å². The van der Waals surface area contributed by atoms with Crippen LogP contribution in [0.3, 0.4) is 0 Å². The monoisotopic (exact) mass is 560 g/mol. The van der Waals surface area contributed by atoms with Crippen molar-refractivity contribution in [2.75, 3.05) is 26.7 Å². The molecule has 1 aromatic heterocycles. The van der Waals surface area contributed by atoms with Crippen molar-refractivity contribution < 1.29 is 19.0 Å². The lowest BCUT2D eigenvalue weighted by Gasteiger charge is -2.38. The van der Waals surface area contributed by atoms with Crippen molar-refractivity contribution in [3.63, 3.8) is 0 Å². The molecule has 5 nitrogen and oxygen atoms in total. The van der Waals surface area contributed by atoms with Gasteiger partial charge < -0.3 is 14.7 Å². The molecule has 0 bridgehead atoms. The summed E-state index contributed by atoms with van der Waals surface area (Å²) in [4.78, 5) is 18.3. The summed E-state index contributed by atoms with van der Waals surface area (Å²) in [7, 11) is 1.59. The molecule has 38 heavy (non-hydrogen) atoms. The van der Waals surface area contributed by atoms with E-state index in [1.54, 1.807) is 25.4 Å². The molecule has 1 aliphatic heterocycles. The minimum absolute atomic E-state index is 0.0186. The van der Waals surface area contributed by atoms with E-state index in [-0.39, 0.29) is 18.3 Å². The van der Waals surface area contributed by atoms with Crippen molar-refractivity contribution in [2.45, 2.75) is 51.1 Å². The molecule has 1 unspecified atom stereocenters. The second-order valence-corrected chi connectivity index (χ2v) is 11.0. The minimum Gasteiger partial charge on any atom is -0.497 e. The number of methoxy groups -OCH3 is 1. The summed E-state index contributed by atoms with van der Waals surface area (Å²) >= 11 is 12.4. The third-order valence-corrected chi connectivity index (χ3v) is 8.58. The van der Waals surface area contributed by atoms with Crippen LogP contribution in [0.15, 0.2) is 48.7 Å². The second kappa shape index (κ2) is 13.6. The SMILES string of the molecule is COc1ccc2nccc(C(F)CC[C@@H]3CCN(CCCCc4cccc(Cl)c4Cl)C[C@@H]3CC(=O)O)c2c1. The van der Waals surface area contributed by atoms with Gasteiger partial charge in [-0.05, 0) is 105 Å². The number of unbranched alkanes of at least 4 members (excludes halogenated alkanes) is 1. The highest BCUT2D eigenvalue weighted by atomic mass is 35.5. The third kappa shape index (κ3) is 7.37. The Morgan fingerprint density at radius 3 is 2.84 bits per heavy atom. The number of carboxylic acids is 1. The van der Waals surface area contributed by atoms with Crippen LogP contribution in [-0.4, -0.2) is 47.7 Å². The number of carbonyl (C=O) groups is 1. The molecule has 204 valence electrons. The Morgan fingerprint density at radius 2 is 2.05 bits per heavy atom. The van der Waals surface area contributed by atoms with E-state index in [4.69, 9.17) is 27.9 Å². The van der Waals surface area contributed by atoms with Gasteiger partial charge in [-0.15, -0.1) is 0 Å². The molecule has 0 radical (unpaired) electrons. The van der Waals surface area contributed by atoms with Gasteiger partial charge in [-0.25, -0.2) is 4.39 Å². The molecule has 1 saturated heterocycles. The maximum absolute atomic E-state index is 15.5. The Bertz CT molecular complexity index is 1240. The highest BCUT2D eigenvalue weighted by Crippen LogP contribution is 2.36. The molecule has 2 heterocycles. The van der Waals surface area contributed by atoms with E-state index in [0.29, 0.717) is 34.2 Å². The minimum atomic E-state index is -1.14. The third-order valence-electron chi connectivity index (χ3n) is 7.73. The lowest BCUT2D eigenvalue weighted by atomic mass is 9.79. The zero-order chi connectivity index (χ0) is 27.1. The first kappa shape index (κ1) is 28.6. The van der Waals surface area contributed by atoms with Gasteiger partial charge in [0.05, 0.1) is 22.7 Å². The van der Waals surface area contributed by atoms with Crippen molar-refractivity contribution in [1.82, 2.24) is 9.88 Å². The number of alkyl halides is 1. The van der Waals surface area contributed by atoms with Gasteiger partial charge >= 0.3 is 5.97 Å². The Morgan fingerprint density at radius 1 is 1.21 bits per heavy atom. The van der Waals surface area contributed by atoms with Gasteiger partial charge in [-0.1, -0.05) is 35.3 Å². The Kier molecular flexibility index (Phi) is 10.2. The van der Waals surface area contributed by atoms with Gasteiger partial charge in [-0.3, -0.25) is 9.78 Å². The standard InChI is InChI=1S/C30H35Cl2FN2O3/c1-38-23-9-11-28-25(18-23)24(12-14-34-28)27(33)10-8-20-13-16-35(19-22(20)17-29(36)37)15-3-2-5-21-6-4-7-26(31)30(21)32/h4,6-7,9,11-12,14,18,20,22,27H,2-3,5,8,10,13,15-17,19H2,1H3,(H,36,37)/t20-,22+,27?/m1/s1. The summed E-state index contributed by atoms with van der Waals surface area (Å²) in [5.41, 5.74) is 2.41. The van der Waals surface area contributed by atoms with Crippen LogP contribution in [0.4, 0.5) is 4.39 Å². The first-order chi connectivity index (χ1) is 18.4. The summed E-state index contributed by atoms with van der Waals surface area (Å²) in [5.74, 6) is 0.0867. The number of aryl methyl sites for hydroxylation is 1. The number of hydrogen-bond acceptors (Lipinski definition) is 4. The van der Waals surface area contributed by atoms with E-state index < -0.39 is 12.1 Å². The number of halogens is 3. The maximum atomic E-state index is 15.5. The number of nitrogens with zero attached hydrogens (tertiary/aromatic N) is 2. The summed E-state index contributed by atoms with van der Waals surface area (Å²) in [5, 5.41) is 11.5. The summed E-state index contributed by atoms with van der Waals surface area (Å²) < 4.78 is 20.8. The fraction of sp³-hybridized carbons (Fsp3) is 0.467. The lowest BCUT2D eigenvalue weighted by Crippen LogP contribution is -2.41. The molecular weight excluding hydrogens is 526 g/mol. The van der Waals surface area contributed by atoms with E-state index in [1.807, 2.05) is 30.3 Å². The fourth-order valence-electron chi connectivity index (χ4n) is 5.65. The second-order valence-electron chi connectivity index (χ2n) is 10.2. The van der Waals surface area contributed by atoms with Crippen LogP contribution in [0.5, 0.6) is 5.75 Å². The van der Waals surface area contributed by atoms with Gasteiger partial charge in [0.1, 0.15) is 11.9 Å². The smallest absolute Gasteiger partial charge is 0.303 e. The number of carboxylic acid groups (broad SMARTS) is 1. The summed E-state index contributed by atoms with van der Waals surface area (Å²) in [6.07, 6.45) is 5.36. The molecule has 3 atom stereocenters. The molecule has 4 rings (SSSR count). The molecule has 1 fully saturated rings. The Hall–Kier alpha value is -2.41. The fourth-order valence-corrected chi connectivity index (χ4v) is 6.06. The molecular formula is C30H35Cl2FN2O3. The predicted octanol–water partition coefficient (Wildman–Crippen LogP) is 7.78. The number of rotatable bonds is 12. The number of pyridine rings is 1. The van der Waals surface area contributed by atoms with Crippen molar-refractivity contribution in [3.8, 4) is 5.75 Å². The van der Waals surface area contributed by atoms with Gasteiger partial charge in [0.2, 0.25) is 0 Å². The van der Waals surface area contributed by atoms with Crippen LogP contribution in [0, 0.1) is 11.8 Å². The zero-order valence-electron chi connectivity index (χ0n) is 21.7. The molecule has 8 heteroatoms. The summed E-state index contributed by atoms with van der Waals surface area (Å²) in [6, 6.07) is 12.9. The van der Waals surface area contributed by atoms with Crippen LogP contribution < -0.4 is 4.74 Å². The highest BCUT2D eigenvalue weighted by molar-refractivity contribution is 6.42. The molecule has 1 N–H and O–H groups in total. The zero-order valence-corrected chi connectivity index (χ0v) is 23.2. The lowest BCUT2D eigenvalue weighted by molar-refractivity contribution is -0.139. The Labute approximate surface area is 233 Å². The van der Waals surface area contributed by atoms with Crippen LogP contribution in [0.1, 0.15) is 55.8 Å². The van der Waals surface area contributed by atoms with Crippen LogP contribution in [0.2, 0.25) is 10.0 Å². The largest absolute Gasteiger partial charge is 0.497 e. The first-order valence-corrected chi connectivity index (χ1v) is 14.0. The number of aliphatic carboxylic acids is 1. The van der Waals surface area contributed by atoms with Gasteiger partial charge in [0.15, 0.2) is 0 Å². The molecule has 3 aromatic rings. The number of likely N-dealkylation sites (tertiary alicyclic amines) is 1. The van der Waals surface area contributed by atoms with Gasteiger partial charge in [-0.2, -0.15) is 0 Å². The van der Waals surface area contributed by atoms with Gasteiger partial charge in [0, 0.05) is 24.5 Å². The van der Waals surface area contributed by atoms with Gasteiger partial charge in [0.25, 0.3) is 0 Å². The quantitative estimate of drug-likeness (QED) is 0.229. The maximum Gasteiger partial charge on any atom is 0.303 e. The molecule has 0 saturated carbocycles. The van der Waals surface area contributed by atoms with Crippen LogP contribution >= 0.6 is 23.2 Å². The number of piperidine rings is 1. The summed E-state index contributed by atoms with van der Waals surface area (Å²) in [6.45, 7) is 2.56. The Balaban J connectivity index is 1.31. The molecule has 0 amide bonds. The molecule has 2 aromatic carbocycles. The normalized spacial score (nSPS) is 18.9. The average Bonchev–Trinajstić information content (AvgIpc) is 2.91. The number of ether oxygens (including phenoxy) is 1.